The number of hydrogen-bond acceptors (Lipinski definition) is 5. The first-order valence-corrected chi connectivity index (χ1v) is 10.4. The van der Waals surface area contributed by atoms with Crippen molar-refractivity contribution in [2.24, 2.45) is 14.1 Å². The number of fused-ring (bicyclic) bond motifs is 1. The van der Waals surface area contributed by atoms with Crippen LogP contribution in [0.25, 0.3) is 11.2 Å². The van der Waals surface area contributed by atoms with Crippen molar-refractivity contribution in [3.05, 3.63) is 62.6 Å². The highest BCUT2D eigenvalue weighted by Gasteiger charge is 2.25. The van der Waals surface area contributed by atoms with Crippen molar-refractivity contribution >= 4 is 11.2 Å². The Balaban J connectivity index is 1.77. The topological polar surface area (TPSA) is 74.3 Å². The van der Waals surface area contributed by atoms with E-state index in [1.165, 1.54) is 17.2 Å². The number of rotatable bonds is 5. The average molecular weight is 412 g/mol. The summed E-state index contributed by atoms with van der Waals surface area (Å²) in [5, 5.41) is 0. The highest BCUT2D eigenvalue weighted by Crippen LogP contribution is 2.18. The molecule has 0 amide bonds. The first-order chi connectivity index (χ1) is 14.3. The summed E-state index contributed by atoms with van der Waals surface area (Å²) in [7, 11) is 3.19. The van der Waals surface area contributed by atoms with Crippen LogP contribution in [0, 0.1) is 0 Å². The SMILES string of the molecule is C[C@@H]1CN(Cc2nc3c(c(=O)n(C)c(=O)n3C)n2CCc2ccccc2)C[C@@H](C)O1. The second-order valence-electron chi connectivity index (χ2n) is 8.24. The van der Waals surface area contributed by atoms with Crippen LogP contribution in [-0.2, 0) is 38.3 Å². The molecule has 0 radical (unpaired) electrons. The van der Waals surface area contributed by atoms with Crippen LogP contribution >= 0.6 is 0 Å². The van der Waals surface area contributed by atoms with E-state index in [1.807, 2.05) is 22.8 Å². The van der Waals surface area contributed by atoms with Crippen LogP contribution in [0.15, 0.2) is 39.9 Å². The molecule has 2 aromatic heterocycles. The predicted octanol–water partition coefficient (Wildman–Crippen LogP) is 1.29. The third-order valence-electron chi connectivity index (χ3n) is 5.75. The van der Waals surface area contributed by atoms with Crippen molar-refractivity contribution in [1.82, 2.24) is 23.6 Å². The smallest absolute Gasteiger partial charge is 0.332 e. The fourth-order valence-corrected chi connectivity index (χ4v) is 4.35. The van der Waals surface area contributed by atoms with Gasteiger partial charge in [0.05, 0.1) is 18.8 Å². The molecule has 0 bridgehead atoms. The van der Waals surface area contributed by atoms with Crippen LogP contribution in [0.1, 0.15) is 25.2 Å². The third-order valence-corrected chi connectivity index (χ3v) is 5.75. The number of morpholine rings is 1. The van der Waals surface area contributed by atoms with Crippen molar-refractivity contribution in [3.63, 3.8) is 0 Å². The second kappa shape index (κ2) is 8.20. The minimum Gasteiger partial charge on any atom is -0.373 e. The molecule has 3 heterocycles. The number of nitrogens with zero attached hydrogens (tertiary/aromatic N) is 5. The van der Waals surface area contributed by atoms with Gasteiger partial charge in [-0.1, -0.05) is 30.3 Å². The zero-order valence-electron chi connectivity index (χ0n) is 18.0. The van der Waals surface area contributed by atoms with E-state index in [9.17, 15) is 9.59 Å². The quantitative estimate of drug-likeness (QED) is 0.633. The highest BCUT2D eigenvalue weighted by atomic mass is 16.5. The predicted molar refractivity (Wildman–Crippen MR) is 116 cm³/mol. The maximum atomic E-state index is 13.0. The van der Waals surface area contributed by atoms with Gasteiger partial charge in [0.25, 0.3) is 5.56 Å². The Morgan fingerprint density at radius 2 is 1.70 bits per heavy atom. The third kappa shape index (κ3) is 3.85. The first-order valence-electron chi connectivity index (χ1n) is 10.4. The van der Waals surface area contributed by atoms with Crippen molar-refractivity contribution in [2.45, 2.75) is 45.6 Å². The normalized spacial score (nSPS) is 20.1. The molecule has 0 N–H and O–H groups in total. The molecule has 2 atom stereocenters. The Morgan fingerprint density at radius 1 is 1.03 bits per heavy atom. The van der Waals surface area contributed by atoms with Crippen LogP contribution in [0.2, 0.25) is 0 Å². The number of hydrogen-bond donors (Lipinski definition) is 0. The largest absolute Gasteiger partial charge is 0.373 e. The highest BCUT2D eigenvalue weighted by molar-refractivity contribution is 5.71. The molecule has 1 aromatic carbocycles. The van der Waals surface area contributed by atoms with Gasteiger partial charge < -0.3 is 9.30 Å². The van der Waals surface area contributed by atoms with E-state index in [4.69, 9.17) is 9.72 Å². The average Bonchev–Trinajstić information content (AvgIpc) is 3.07. The van der Waals surface area contributed by atoms with E-state index in [1.54, 1.807) is 7.05 Å². The molecule has 0 aliphatic carbocycles. The van der Waals surface area contributed by atoms with Gasteiger partial charge in [0.1, 0.15) is 5.82 Å². The molecule has 0 unspecified atom stereocenters. The molecule has 1 saturated heterocycles. The second-order valence-corrected chi connectivity index (χ2v) is 8.24. The molecule has 0 spiro atoms. The summed E-state index contributed by atoms with van der Waals surface area (Å²) >= 11 is 0. The van der Waals surface area contributed by atoms with Crippen LogP contribution < -0.4 is 11.2 Å². The van der Waals surface area contributed by atoms with Crippen LogP contribution in [-0.4, -0.2) is 48.9 Å². The zero-order valence-corrected chi connectivity index (χ0v) is 18.0. The van der Waals surface area contributed by atoms with Crippen molar-refractivity contribution in [3.8, 4) is 0 Å². The Hall–Kier alpha value is -2.71. The number of imidazole rings is 1. The Kier molecular flexibility index (Phi) is 5.62. The molecule has 1 aliphatic rings. The zero-order chi connectivity index (χ0) is 21.4. The summed E-state index contributed by atoms with van der Waals surface area (Å²) in [6, 6.07) is 10.2. The van der Waals surface area contributed by atoms with Crippen molar-refractivity contribution in [2.75, 3.05) is 13.1 Å². The maximum absolute atomic E-state index is 13.0. The summed E-state index contributed by atoms with van der Waals surface area (Å²) in [5.74, 6) is 0.806. The molecule has 1 aliphatic heterocycles. The molecule has 30 heavy (non-hydrogen) atoms. The standard InChI is InChI=1S/C22H29N5O3/c1-15-12-26(13-16(2)30-15)14-18-23-20-19(21(28)25(4)22(29)24(20)3)27(18)11-10-17-8-6-5-7-9-17/h5-9,15-16H,10-14H2,1-4H3/t15-,16-/m1/s1. The van der Waals surface area contributed by atoms with Crippen molar-refractivity contribution < 1.29 is 4.74 Å². The molecular weight excluding hydrogens is 382 g/mol. The van der Waals surface area contributed by atoms with Gasteiger partial charge >= 0.3 is 5.69 Å². The van der Waals surface area contributed by atoms with Gasteiger partial charge in [-0.2, -0.15) is 0 Å². The van der Waals surface area contributed by atoms with E-state index in [0.717, 1.165) is 29.9 Å². The van der Waals surface area contributed by atoms with E-state index in [-0.39, 0.29) is 23.5 Å². The van der Waals surface area contributed by atoms with Gasteiger partial charge in [-0.05, 0) is 25.8 Å². The van der Waals surface area contributed by atoms with Crippen LogP contribution in [0.4, 0.5) is 0 Å². The lowest BCUT2D eigenvalue weighted by molar-refractivity contribution is -0.0712. The van der Waals surface area contributed by atoms with Gasteiger partial charge in [0.2, 0.25) is 0 Å². The number of aryl methyl sites for hydroxylation is 3. The molecule has 8 nitrogen and oxygen atoms in total. The molecule has 160 valence electrons. The van der Waals surface area contributed by atoms with Gasteiger partial charge in [-0.15, -0.1) is 0 Å². The molecular formula is C22H29N5O3. The van der Waals surface area contributed by atoms with E-state index >= 15 is 0 Å². The number of aromatic nitrogens is 4. The van der Waals surface area contributed by atoms with Gasteiger partial charge in [0.15, 0.2) is 11.2 Å². The lowest BCUT2D eigenvalue weighted by Gasteiger charge is -2.35. The van der Waals surface area contributed by atoms with Crippen molar-refractivity contribution in [1.29, 1.82) is 0 Å². The minimum absolute atomic E-state index is 0.146. The summed E-state index contributed by atoms with van der Waals surface area (Å²) in [5.41, 5.74) is 1.46. The minimum atomic E-state index is -0.361. The lowest BCUT2D eigenvalue weighted by atomic mass is 10.1. The fraction of sp³-hybridized carbons (Fsp3) is 0.500. The van der Waals surface area contributed by atoms with Gasteiger partial charge in [0, 0.05) is 33.7 Å². The molecule has 1 fully saturated rings. The number of ether oxygens (including phenoxy) is 1. The number of benzene rings is 1. The summed E-state index contributed by atoms with van der Waals surface area (Å²) < 4.78 is 10.5. The summed E-state index contributed by atoms with van der Waals surface area (Å²) in [4.78, 5) is 32.5. The van der Waals surface area contributed by atoms with Crippen LogP contribution in [0.5, 0.6) is 0 Å². The Bertz CT molecular complexity index is 1150. The maximum Gasteiger partial charge on any atom is 0.332 e. The monoisotopic (exact) mass is 411 g/mol. The molecule has 3 aromatic rings. The van der Waals surface area contributed by atoms with E-state index in [0.29, 0.717) is 24.3 Å². The van der Waals surface area contributed by atoms with Gasteiger partial charge in [-0.25, -0.2) is 9.78 Å². The first kappa shape index (κ1) is 20.6. The summed E-state index contributed by atoms with van der Waals surface area (Å²) in [6.45, 7) is 6.99. The molecule has 0 saturated carbocycles. The fourth-order valence-electron chi connectivity index (χ4n) is 4.35. The molecule has 4 rings (SSSR count). The Labute approximate surface area is 175 Å². The van der Waals surface area contributed by atoms with Gasteiger partial charge in [-0.3, -0.25) is 18.8 Å². The van der Waals surface area contributed by atoms with E-state index in [2.05, 4.69) is 30.9 Å². The molecule has 8 heteroatoms. The Morgan fingerprint density at radius 3 is 2.37 bits per heavy atom. The summed E-state index contributed by atoms with van der Waals surface area (Å²) in [6.07, 6.45) is 1.07. The lowest BCUT2D eigenvalue weighted by Crippen LogP contribution is -2.45. The van der Waals surface area contributed by atoms with E-state index < -0.39 is 0 Å². The van der Waals surface area contributed by atoms with Crippen LogP contribution in [0.3, 0.4) is 0 Å².